The Morgan fingerprint density at radius 1 is 1.70 bits per heavy atom. The zero-order valence-corrected chi connectivity index (χ0v) is 7.03. The highest BCUT2D eigenvalue weighted by Gasteiger charge is 1.93. The molecule has 0 aliphatic carbocycles. The van der Waals surface area contributed by atoms with Crippen LogP contribution in [0.1, 0.15) is 0 Å². The molecular weight excluding hydrogens is 152 g/mol. The molecule has 2 N–H and O–H groups in total. The number of rotatable bonds is 3. The summed E-state index contributed by atoms with van der Waals surface area (Å²) in [4.78, 5) is 11.7. The molecule has 10 heavy (non-hydrogen) atoms. The normalized spacial score (nSPS) is 8.30. The lowest BCUT2D eigenvalue weighted by Gasteiger charge is -2.05. The summed E-state index contributed by atoms with van der Waals surface area (Å²) in [5, 5.41) is 2.64. The predicted molar refractivity (Wildman–Crippen MR) is 36.0 cm³/mol. The van der Waals surface area contributed by atoms with Gasteiger partial charge >= 0.3 is 0 Å². The molecular formula is C6H13ClN2O. The van der Waals surface area contributed by atoms with E-state index in [1.54, 1.807) is 0 Å². The molecule has 0 aliphatic rings. The molecule has 0 saturated heterocycles. The van der Waals surface area contributed by atoms with E-state index in [4.69, 9.17) is 0 Å². The van der Waals surface area contributed by atoms with Crippen LogP contribution < -0.4 is 22.6 Å². The number of hydrogen-bond donors (Lipinski definition) is 2. The van der Waals surface area contributed by atoms with Crippen molar-refractivity contribution in [2.24, 2.45) is 0 Å². The van der Waals surface area contributed by atoms with E-state index >= 15 is 0 Å². The van der Waals surface area contributed by atoms with E-state index < -0.39 is 0 Å². The third-order valence-corrected chi connectivity index (χ3v) is 0.802. The van der Waals surface area contributed by atoms with Gasteiger partial charge in [0.2, 0.25) is 5.91 Å². The molecule has 0 unspecified atom stereocenters. The first-order valence-electron chi connectivity index (χ1n) is 2.86. The van der Waals surface area contributed by atoms with Crippen molar-refractivity contribution in [1.82, 2.24) is 5.32 Å². The van der Waals surface area contributed by atoms with Gasteiger partial charge in [0.1, 0.15) is 0 Å². The molecule has 3 nitrogen and oxygen atoms in total. The minimum Gasteiger partial charge on any atom is -1.00 e. The molecule has 0 atom stereocenters. The van der Waals surface area contributed by atoms with E-state index in [-0.39, 0.29) is 18.3 Å². The fourth-order valence-corrected chi connectivity index (χ4v) is 0.336. The largest absolute Gasteiger partial charge is 1.00 e. The van der Waals surface area contributed by atoms with Gasteiger partial charge in [-0.2, -0.15) is 0 Å². The zero-order chi connectivity index (χ0) is 7.28. The highest BCUT2D eigenvalue weighted by molar-refractivity contribution is 5.86. The first-order chi connectivity index (χ1) is 4.16. The van der Waals surface area contributed by atoms with Gasteiger partial charge in [-0.05, 0) is 6.08 Å². The minimum atomic E-state index is -0.115. The molecule has 0 aromatic rings. The number of carbonyl (C=O) groups is 1. The second-order valence-corrected chi connectivity index (χ2v) is 2.13. The van der Waals surface area contributed by atoms with Crippen LogP contribution in [0.3, 0.4) is 0 Å². The number of carbonyl (C=O) groups excluding carboxylic acids is 1. The van der Waals surface area contributed by atoms with E-state index in [2.05, 4.69) is 11.9 Å². The Kier molecular flexibility index (Phi) is 8.00. The van der Waals surface area contributed by atoms with Crippen molar-refractivity contribution >= 4 is 5.91 Å². The van der Waals surface area contributed by atoms with Gasteiger partial charge in [-0.3, -0.25) is 4.79 Å². The molecule has 0 aliphatic heterocycles. The topological polar surface area (TPSA) is 33.5 Å². The number of hydrogen-bond acceptors (Lipinski definition) is 1. The van der Waals surface area contributed by atoms with Crippen LogP contribution in [0, 0.1) is 0 Å². The maximum Gasteiger partial charge on any atom is 0.247 e. The van der Waals surface area contributed by atoms with Crippen molar-refractivity contribution < 1.29 is 22.1 Å². The van der Waals surface area contributed by atoms with Gasteiger partial charge in [0.25, 0.3) is 0 Å². The Morgan fingerprint density at radius 2 is 2.20 bits per heavy atom. The molecule has 4 heteroatoms. The molecule has 0 aromatic heterocycles. The van der Waals surface area contributed by atoms with Gasteiger partial charge in [0.05, 0.1) is 14.1 Å². The molecule has 0 saturated carbocycles. The summed E-state index contributed by atoms with van der Waals surface area (Å²) < 4.78 is 0. The average Bonchev–Trinajstić information content (AvgIpc) is 1.83. The Bertz CT molecular complexity index is 114. The van der Waals surface area contributed by atoms with Crippen molar-refractivity contribution in [3.8, 4) is 0 Å². The van der Waals surface area contributed by atoms with Gasteiger partial charge in [0, 0.05) is 0 Å². The van der Waals surface area contributed by atoms with E-state index in [0.29, 0.717) is 6.67 Å². The monoisotopic (exact) mass is 164 g/mol. The maximum atomic E-state index is 10.5. The first-order valence-corrected chi connectivity index (χ1v) is 2.86. The van der Waals surface area contributed by atoms with Crippen molar-refractivity contribution in [2.45, 2.75) is 0 Å². The van der Waals surface area contributed by atoms with Gasteiger partial charge < -0.3 is 22.6 Å². The summed E-state index contributed by atoms with van der Waals surface area (Å²) in [6.45, 7) is 3.96. The molecule has 0 rings (SSSR count). The Hall–Kier alpha value is -0.540. The molecule has 0 bridgehead atoms. The molecule has 60 valence electrons. The standard InChI is InChI=1S/C6H12N2O.ClH/c1-4-6(9)7-5-8(2)3;/h4H,1,5H2,2-3H3,(H,7,9);1H. The average molecular weight is 165 g/mol. The first kappa shape index (κ1) is 12.2. The predicted octanol–water partition coefficient (Wildman–Crippen LogP) is -4.61. The second-order valence-electron chi connectivity index (χ2n) is 2.13. The fraction of sp³-hybridized carbons (Fsp3) is 0.500. The van der Waals surface area contributed by atoms with E-state index in [1.165, 1.54) is 11.0 Å². The lowest BCUT2D eigenvalue weighted by Crippen LogP contribution is -3.07. The summed E-state index contributed by atoms with van der Waals surface area (Å²) >= 11 is 0. The van der Waals surface area contributed by atoms with Gasteiger partial charge in [-0.15, -0.1) is 0 Å². The zero-order valence-electron chi connectivity index (χ0n) is 6.28. The van der Waals surface area contributed by atoms with E-state index in [9.17, 15) is 4.79 Å². The SMILES string of the molecule is C=CC(=O)NC[NH+](C)C.[Cl-]. The molecule has 0 radical (unpaired) electrons. The lowest BCUT2D eigenvalue weighted by atomic mass is 10.6. The van der Waals surface area contributed by atoms with Crippen LogP contribution in [0.5, 0.6) is 0 Å². The molecule has 0 aromatic carbocycles. The fourth-order valence-electron chi connectivity index (χ4n) is 0.336. The number of quaternary nitrogens is 1. The summed E-state index contributed by atoms with van der Waals surface area (Å²) in [5.74, 6) is -0.115. The number of nitrogens with one attached hydrogen (secondary N) is 2. The van der Waals surface area contributed by atoms with Gasteiger partial charge in [-0.25, -0.2) is 0 Å². The van der Waals surface area contributed by atoms with E-state index in [0.717, 1.165) is 0 Å². The summed E-state index contributed by atoms with van der Waals surface area (Å²) in [6.07, 6.45) is 1.27. The third kappa shape index (κ3) is 7.46. The van der Waals surface area contributed by atoms with Crippen LogP contribution in [0.4, 0.5) is 0 Å². The second kappa shape index (κ2) is 6.58. The smallest absolute Gasteiger partial charge is 0.247 e. The van der Waals surface area contributed by atoms with Crippen molar-refractivity contribution in [1.29, 1.82) is 0 Å². The van der Waals surface area contributed by atoms with Crippen LogP contribution in [0.2, 0.25) is 0 Å². The highest BCUT2D eigenvalue weighted by atomic mass is 35.5. The number of amides is 1. The van der Waals surface area contributed by atoms with Crippen LogP contribution >= 0.6 is 0 Å². The summed E-state index contributed by atoms with van der Waals surface area (Å²) in [5.41, 5.74) is 0. The van der Waals surface area contributed by atoms with Crippen LogP contribution in [-0.4, -0.2) is 26.7 Å². The number of halogens is 1. The van der Waals surface area contributed by atoms with Gasteiger partial charge in [0.15, 0.2) is 6.67 Å². The minimum absolute atomic E-state index is 0. The highest BCUT2D eigenvalue weighted by Crippen LogP contribution is 1.58. The molecule has 0 heterocycles. The lowest BCUT2D eigenvalue weighted by molar-refractivity contribution is -0.860. The van der Waals surface area contributed by atoms with Crippen LogP contribution in [0.15, 0.2) is 12.7 Å². The molecule has 1 amide bonds. The van der Waals surface area contributed by atoms with Crippen molar-refractivity contribution in [2.75, 3.05) is 20.8 Å². The van der Waals surface area contributed by atoms with Crippen molar-refractivity contribution in [3.63, 3.8) is 0 Å². The quantitative estimate of drug-likeness (QED) is 0.320. The van der Waals surface area contributed by atoms with Crippen LogP contribution in [-0.2, 0) is 4.79 Å². The summed E-state index contributed by atoms with van der Waals surface area (Å²) in [6, 6.07) is 0. The molecule has 0 fully saturated rings. The Balaban J connectivity index is 0. The van der Waals surface area contributed by atoms with Crippen LogP contribution in [0.25, 0.3) is 0 Å². The third-order valence-electron chi connectivity index (χ3n) is 0.802. The maximum absolute atomic E-state index is 10.5. The van der Waals surface area contributed by atoms with Gasteiger partial charge in [-0.1, -0.05) is 6.58 Å². The Morgan fingerprint density at radius 3 is 2.50 bits per heavy atom. The van der Waals surface area contributed by atoms with E-state index in [1.807, 2.05) is 14.1 Å². The van der Waals surface area contributed by atoms with Crippen molar-refractivity contribution in [3.05, 3.63) is 12.7 Å². The summed E-state index contributed by atoms with van der Waals surface area (Å²) in [7, 11) is 3.92. The molecule has 0 spiro atoms. The Labute approximate surface area is 67.5 Å².